The van der Waals surface area contributed by atoms with Gasteiger partial charge in [0.05, 0.1) is 13.7 Å². The van der Waals surface area contributed by atoms with Crippen molar-refractivity contribution in [2.45, 2.75) is 6.92 Å². The minimum Gasteiger partial charge on any atom is -0.496 e. The number of aromatic nitrogens is 2. The van der Waals surface area contributed by atoms with Crippen molar-refractivity contribution in [3.05, 3.63) is 23.8 Å². The van der Waals surface area contributed by atoms with E-state index in [4.69, 9.17) is 14.0 Å². The lowest BCUT2D eigenvalue weighted by Crippen LogP contribution is -2.07. The van der Waals surface area contributed by atoms with Crippen molar-refractivity contribution in [2.75, 3.05) is 32.7 Å². The molecule has 2 aromatic rings. The van der Waals surface area contributed by atoms with Crippen molar-refractivity contribution in [1.82, 2.24) is 10.1 Å². The van der Waals surface area contributed by atoms with E-state index in [1.54, 1.807) is 14.2 Å². The molecule has 6 nitrogen and oxygen atoms in total. The van der Waals surface area contributed by atoms with Gasteiger partial charge in [0.1, 0.15) is 5.75 Å². The normalized spacial score (nSPS) is 10.5. The van der Waals surface area contributed by atoms with E-state index in [0.29, 0.717) is 25.0 Å². The first kappa shape index (κ1) is 13.4. The van der Waals surface area contributed by atoms with Crippen molar-refractivity contribution in [3.8, 4) is 17.1 Å². The molecule has 0 amide bonds. The minimum atomic E-state index is 0.389. The third-order valence-electron chi connectivity index (χ3n) is 2.66. The van der Waals surface area contributed by atoms with Crippen LogP contribution < -0.4 is 10.1 Å². The Morgan fingerprint density at radius 3 is 2.84 bits per heavy atom. The maximum Gasteiger partial charge on any atom is 0.321 e. The van der Waals surface area contributed by atoms with E-state index in [1.165, 1.54) is 0 Å². The maximum atomic E-state index is 5.22. The number of hydrogen-bond acceptors (Lipinski definition) is 6. The average molecular weight is 263 g/mol. The van der Waals surface area contributed by atoms with E-state index < -0.39 is 0 Å². The van der Waals surface area contributed by atoms with Gasteiger partial charge in [0.15, 0.2) is 0 Å². The highest BCUT2D eigenvalue weighted by atomic mass is 16.5. The molecule has 0 saturated heterocycles. The van der Waals surface area contributed by atoms with Gasteiger partial charge in [0.25, 0.3) is 0 Å². The fourth-order valence-corrected chi connectivity index (χ4v) is 1.69. The lowest BCUT2D eigenvalue weighted by atomic mass is 10.1. The van der Waals surface area contributed by atoms with Gasteiger partial charge < -0.3 is 19.3 Å². The van der Waals surface area contributed by atoms with Crippen LogP contribution in [0, 0.1) is 6.92 Å². The van der Waals surface area contributed by atoms with Gasteiger partial charge in [-0.3, -0.25) is 0 Å². The van der Waals surface area contributed by atoms with Crippen LogP contribution in [0.5, 0.6) is 5.75 Å². The second-order valence-electron chi connectivity index (χ2n) is 4.03. The largest absolute Gasteiger partial charge is 0.496 e. The Balaban J connectivity index is 2.11. The first-order valence-electron chi connectivity index (χ1n) is 5.96. The molecular weight excluding hydrogens is 246 g/mol. The van der Waals surface area contributed by atoms with Crippen molar-refractivity contribution in [3.63, 3.8) is 0 Å². The summed E-state index contributed by atoms with van der Waals surface area (Å²) < 4.78 is 15.2. The summed E-state index contributed by atoms with van der Waals surface area (Å²) in [5.41, 5.74) is 1.92. The fourth-order valence-electron chi connectivity index (χ4n) is 1.69. The van der Waals surface area contributed by atoms with Crippen LogP contribution in [0.25, 0.3) is 11.4 Å². The number of aryl methyl sites for hydroxylation is 1. The number of hydrogen-bond donors (Lipinski definition) is 1. The number of rotatable bonds is 6. The SMILES string of the molecule is COCCNc1nc(-c2ccc(OC)c(C)c2)no1. The molecule has 1 N–H and O–H groups in total. The molecule has 102 valence electrons. The van der Waals surface area contributed by atoms with Crippen LogP contribution in [-0.4, -0.2) is 37.5 Å². The molecule has 0 atom stereocenters. The quantitative estimate of drug-likeness (QED) is 0.805. The van der Waals surface area contributed by atoms with E-state index in [1.807, 2.05) is 25.1 Å². The predicted molar refractivity (Wildman–Crippen MR) is 71.4 cm³/mol. The van der Waals surface area contributed by atoms with Gasteiger partial charge in [0, 0.05) is 19.2 Å². The summed E-state index contributed by atoms with van der Waals surface area (Å²) in [6.45, 7) is 3.18. The predicted octanol–water partition coefficient (Wildman–Crippen LogP) is 2.11. The Morgan fingerprint density at radius 1 is 1.32 bits per heavy atom. The van der Waals surface area contributed by atoms with E-state index in [-0.39, 0.29) is 0 Å². The van der Waals surface area contributed by atoms with E-state index in [0.717, 1.165) is 16.9 Å². The van der Waals surface area contributed by atoms with Crippen LogP contribution in [-0.2, 0) is 4.74 Å². The number of nitrogens with one attached hydrogen (secondary N) is 1. The molecule has 0 spiro atoms. The first-order valence-corrected chi connectivity index (χ1v) is 5.96. The molecule has 0 aliphatic rings. The number of anilines is 1. The Morgan fingerprint density at radius 2 is 2.16 bits per heavy atom. The zero-order valence-corrected chi connectivity index (χ0v) is 11.3. The molecule has 0 aliphatic heterocycles. The summed E-state index contributed by atoms with van der Waals surface area (Å²) in [4.78, 5) is 4.26. The van der Waals surface area contributed by atoms with Crippen LogP contribution in [0.3, 0.4) is 0 Å². The van der Waals surface area contributed by atoms with Crippen LogP contribution in [0.4, 0.5) is 6.01 Å². The highest BCUT2D eigenvalue weighted by Crippen LogP contribution is 2.24. The van der Waals surface area contributed by atoms with Gasteiger partial charge in [-0.1, -0.05) is 5.16 Å². The number of benzene rings is 1. The third kappa shape index (κ3) is 3.23. The molecule has 2 rings (SSSR count). The highest BCUT2D eigenvalue weighted by Gasteiger charge is 2.09. The van der Waals surface area contributed by atoms with Gasteiger partial charge in [-0.2, -0.15) is 4.98 Å². The molecule has 1 aromatic carbocycles. The topological polar surface area (TPSA) is 69.4 Å². The lowest BCUT2D eigenvalue weighted by Gasteiger charge is -2.04. The molecule has 0 fully saturated rings. The molecule has 0 bridgehead atoms. The molecule has 1 heterocycles. The van der Waals surface area contributed by atoms with Gasteiger partial charge in [-0.15, -0.1) is 0 Å². The monoisotopic (exact) mass is 263 g/mol. The first-order chi connectivity index (χ1) is 9.24. The molecular formula is C13H17N3O3. The molecule has 6 heteroatoms. The summed E-state index contributed by atoms with van der Waals surface area (Å²) in [5, 5.41) is 6.91. The van der Waals surface area contributed by atoms with Gasteiger partial charge in [0.2, 0.25) is 5.82 Å². The molecule has 19 heavy (non-hydrogen) atoms. The Kier molecular flexibility index (Phi) is 4.35. The van der Waals surface area contributed by atoms with Crippen molar-refractivity contribution in [1.29, 1.82) is 0 Å². The summed E-state index contributed by atoms with van der Waals surface area (Å²) in [5.74, 6) is 1.39. The van der Waals surface area contributed by atoms with Gasteiger partial charge in [-0.05, 0) is 30.7 Å². The van der Waals surface area contributed by atoms with Crippen molar-refractivity contribution < 1.29 is 14.0 Å². The standard InChI is InChI=1S/C13H17N3O3/c1-9-8-10(4-5-11(9)18-3)12-15-13(19-16-12)14-6-7-17-2/h4-5,8H,6-7H2,1-3H3,(H,14,15,16). The molecule has 0 aliphatic carbocycles. The summed E-state index contributed by atoms with van der Waals surface area (Å²) in [7, 11) is 3.29. The van der Waals surface area contributed by atoms with Crippen LogP contribution in [0.1, 0.15) is 5.56 Å². The summed E-state index contributed by atoms with van der Waals surface area (Å²) >= 11 is 0. The average Bonchev–Trinajstić information content (AvgIpc) is 2.88. The minimum absolute atomic E-state index is 0.389. The second kappa shape index (κ2) is 6.19. The zero-order chi connectivity index (χ0) is 13.7. The van der Waals surface area contributed by atoms with Crippen LogP contribution >= 0.6 is 0 Å². The fraction of sp³-hybridized carbons (Fsp3) is 0.385. The van der Waals surface area contributed by atoms with E-state index in [2.05, 4.69) is 15.5 Å². The molecule has 0 unspecified atom stereocenters. The molecule has 0 saturated carbocycles. The molecule has 0 radical (unpaired) electrons. The zero-order valence-electron chi connectivity index (χ0n) is 11.3. The maximum absolute atomic E-state index is 5.22. The van der Waals surface area contributed by atoms with E-state index in [9.17, 15) is 0 Å². The molecule has 1 aromatic heterocycles. The highest BCUT2D eigenvalue weighted by molar-refractivity contribution is 5.59. The number of nitrogens with zero attached hydrogens (tertiary/aromatic N) is 2. The summed E-state index contributed by atoms with van der Waals surface area (Å²) in [6, 6.07) is 6.14. The Bertz CT molecular complexity index is 540. The van der Waals surface area contributed by atoms with E-state index >= 15 is 0 Å². The number of ether oxygens (including phenoxy) is 2. The summed E-state index contributed by atoms with van der Waals surface area (Å²) in [6.07, 6.45) is 0. The number of methoxy groups -OCH3 is 2. The van der Waals surface area contributed by atoms with Crippen LogP contribution in [0.2, 0.25) is 0 Å². The third-order valence-corrected chi connectivity index (χ3v) is 2.66. The Hall–Kier alpha value is -2.08. The second-order valence-corrected chi connectivity index (χ2v) is 4.03. The van der Waals surface area contributed by atoms with Crippen molar-refractivity contribution >= 4 is 6.01 Å². The Labute approximate surface area is 111 Å². The van der Waals surface area contributed by atoms with Gasteiger partial charge >= 0.3 is 6.01 Å². The van der Waals surface area contributed by atoms with Crippen molar-refractivity contribution in [2.24, 2.45) is 0 Å². The van der Waals surface area contributed by atoms with Crippen LogP contribution in [0.15, 0.2) is 22.7 Å². The smallest absolute Gasteiger partial charge is 0.321 e. The van der Waals surface area contributed by atoms with Gasteiger partial charge in [-0.25, -0.2) is 0 Å². The lowest BCUT2D eigenvalue weighted by molar-refractivity contribution is 0.210.